The Bertz CT molecular complexity index is 629. The third-order valence-corrected chi connectivity index (χ3v) is 3.26. The summed E-state index contributed by atoms with van der Waals surface area (Å²) in [4.78, 5) is 23.4. The van der Waals surface area contributed by atoms with Crippen molar-refractivity contribution in [3.63, 3.8) is 0 Å². The maximum atomic E-state index is 12.2. The van der Waals surface area contributed by atoms with Crippen LogP contribution in [0, 0.1) is 6.92 Å². The van der Waals surface area contributed by atoms with Gasteiger partial charge >= 0.3 is 0 Å². The number of carbonyl (C=O) groups excluding carboxylic acids is 2. The third kappa shape index (κ3) is 3.68. The van der Waals surface area contributed by atoms with Crippen molar-refractivity contribution in [2.24, 2.45) is 12.8 Å². The molecule has 0 saturated heterocycles. The Balaban J connectivity index is 2.19. The van der Waals surface area contributed by atoms with Crippen LogP contribution < -0.4 is 11.1 Å². The van der Waals surface area contributed by atoms with Crippen molar-refractivity contribution < 1.29 is 9.59 Å². The number of amides is 2. The van der Waals surface area contributed by atoms with Crippen molar-refractivity contribution in [3.05, 3.63) is 53.3 Å². The molecule has 6 nitrogen and oxygen atoms in total. The number of nitrogens with two attached hydrogens (primary N) is 1. The number of nitrogens with one attached hydrogen (secondary N) is 1. The third-order valence-electron chi connectivity index (χ3n) is 3.26. The van der Waals surface area contributed by atoms with Crippen LogP contribution >= 0.6 is 0 Å². The minimum Gasteiger partial charge on any atom is -0.370 e. The van der Waals surface area contributed by atoms with Crippen LogP contribution in [0.3, 0.4) is 0 Å². The summed E-state index contributed by atoms with van der Waals surface area (Å²) in [6, 6.07) is 10.5. The molecule has 0 fully saturated rings. The molecule has 3 N–H and O–H groups in total. The van der Waals surface area contributed by atoms with E-state index in [1.165, 1.54) is 0 Å². The Morgan fingerprint density at radius 1 is 1.33 bits per heavy atom. The molecule has 1 atom stereocenters. The van der Waals surface area contributed by atoms with E-state index in [9.17, 15) is 9.59 Å². The molecule has 110 valence electrons. The highest BCUT2D eigenvalue weighted by molar-refractivity contribution is 5.93. The number of benzene rings is 1. The van der Waals surface area contributed by atoms with E-state index in [2.05, 4.69) is 10.4 Å². The maximum absolute atomic E-state index is 12.2. The fourth-order valence-electron chi connectivity index (χ4n) is 2.04. The fourth-order valence-corrected chi connectivity index (χ4v) is 2.04. The van der Waals surface area contributed by atoms with E-state index in [0.717, 1.165) is 11.3 Å². The highest BCUT2D eigenvalue weighted by Gasteiger charge is 2.19. The molecule has 0 radical (unpaired) electrons. The van der Waals surface area contributed by atoms with Gasteiger partial charge in [-0.1, -0.05) is 30.3 Å². The van der Waals surface area contributed by atoms with Gasteiger partial charge in [0.05, 0.1) is 12.5 Å². The van der Waals surface area contributed by atoms with E-state index in [1.54, 1.807) is 17.8 Å². The summed E-state index contributed by atoms with van der Waals surface area (Å²) >= 11 is 0. The molecule has 2 rings (SSSR count). The van der Waals surface area contributed by atoms with Crippen molar-refractivity contribution in [1.82, 2.24) is 15.1 Å². The first-order valence-electron chi connectivity index (χ1n) is 6.62. The van der Waals surface area contributed by atoms with Crippen LogP contribution in [-0.4, -0.2) is 21.6 Å². The smallest absolute Gasteiger partial charge is 0.272 e. The van der Waals surface area contributed by atoms with E-state index in [1.807, 2.05) is 37.3 Å². The Morgan fingerprint density at radius 3 is 2.52 bits per heavy atom. The summed E-state index contributed by atoms with van der Waals surface area (Å²) in [7, 11) is 1.77. The summed E-state index contributed by atoms with van der Waals surface area (Å²) in [6.07, 6.45) is 0.0432. The molecule has 0 aliphatic carbocycles. The van der Waals surface area contributed by atoms with Gasteiger partial charge < -0.3 is 11.1 Å². The molecule has 0 aliphatic rings. The van der Waals surface area contributed by atoms with Gasteiger partial charge in [0.1, 0.15) is 5.69 Å². The van der Waals surface area contributed by atoms with Crippen LogP contribution in [0.4, 0.5) is 0 Å². The lowest BCUT2D eigenvalue weighted by atomic mass is 10.0. The summed E-state index contributed by atoms with van der Waals surface area (Å²) in [5.74, 6) is -0.796. The largest absolute Gasteiger partial charge is 0.370 e. The first-order chi connectivity index (χ1) is 9.97. The number of rotatable bonds is 5. The zero-order chi connectivity index (χ0) is 15.4. The van der Waals surface area contributed by atoms with Gasteiger partial charge in [-0.25, -0.2) is 0 Å². The van der Waals surface area contributed by atoms with Crippen LogP contribution in [0.2, 0.25) is 0 Å². The monoisotopic (exact) mass is 286 g/mol. The Kier molecular flexibility index (Phi) is 4.37. The van der Waals surface area contributed by atoms with Crippen molar-refractivity contribution in [1.29, 1.82) is 0 Å². The minimum atomic E-state index is -0.471. The summed E-state index contributed by atoms with van der Waals surface area (Å²) < 4.78 is 1.63. The number of carbonyl (C=O) groups is 2. The lowest BCUT2D eigenvalue weighted by Gasteiger charge is -2.17. The van der Waals surface area contributed by atoms with Crippen LogP contribution in [-0.2, 0) is 11.8 Å². The lowest BCUT2D eigenvalue weighted by molar-refractivity contribution is -0.118. The van der Waals surface area contributed by atoms with Crippen LogP contribution in [0.25, 0.3) is 0 Å². The second-order valence-corrected chi connectivity index (χ2v) is 4.90. The molecule has 0 saturated carbocycles. The van der Waals surface area contributed by atoms with Gasteiger partial charge in [-0.05, 0) is 18.6 Å². The second kappa shape index (κ2) is 6.21. The predicted molar refractivity (Wildman–Crippen MR) is 78.4 cm³/mol. The Labute approximate surface area is 122 Å². The molecular weight excluding hydrogens is 268 g/mol. The summed E-state index contributed by atoms with van der Waals surface area (Å²) in [5.41, 5.74) is 7.29. The minimum absolute atomic E-state index is 0.0432. The quantitative estimate of drug-likeness (QED) is 0.861. The molecule has 0 unspecified atom stereocenters. The summed E-state index contributed by atoms with van der Waals surface area (Å²) in [6.45, 7) is 1.86. The van der Waals surface area contributed by atoms with Crippen LogP contribution in [0.5, 0.6) is 0 Å². The average Bonchev–Trinajstić information content (AvgIpc) is 2.78. The topological polar surface area (TPSA) is 90.0 Å². The van der Waals surface area contributed by atoms with E-state index in [4.69, 9.17) is 5.73 Å². The zero-order valence-corrected chi connectivity index (χ0v) is 12.0. The molecule has 0 bridgehead atoms. The molecule has 2 amide bonds. The SMILES string of the molecule is Cc1cc(C(=O)N[C@@H](CC(N)=O)c2ccccc2)nn1C. The van der Waals surface area contributed by atoms with E-state index in [0.29, 0.717) is 5.69 Å². The van der Waals surface area contributed by atoms with Gasteiger partial charge in [-0.3, -0.25) is 14.3 Å². The molecular formula is C15H18N4O2. The molecule has 21 heavy (non-hydrogen) atoms. The molecule has 1 aromatic heterocycles. The van der Waals surface area contributed by atoms with Gasteiger partial charge in [-0.15, -0.1) is 0 Å². The standard InChI is InChI=1S/C15H18N4O2/c1-10-8-13(18-19(10)2)15(21)17-12(9-14(16)20)11-6-4-3-5-7-11/h3-8,12H,9H2,1-2H3,(H2,16,20)(H,17,21)/t12-/m0/s1. The molecule has 0 spiro atoms. The van der Waals surface area contributed by atoms with Gasteiger partial charge in [0.2, 0.25) is 5.91 Å². The van der Waals surface area contributed by atoms with E-state index in [-0.39, 0.29) is 12.3 Å². The summed E-state index contributed by atoms with van der Waals surface area (Å²) in [5, 5.41) is 6.93. The number of aromatic nitrogens is 2. The van der Waals surface area contributed by atoms with Crippen molar-refractivity contribution in [2.45, 2.75) is 19.4 Å². The normalized spacial score (nSPS) is 11.9. The first kappa shape index (κ1) is 14.8. The van der Waals surface area contributed by atoms with Crippen molar-refractivity contribution in [3.8, 4) is 0 Å². The van der Waals surface area contributed by atoms with Gasteiger partial charge in [0, 0.05) is 12.7 Å². The maximum Gasteiger partial charge on any atom is 0.272 e. The highest BCUT2D eigenvalue weighted by Crippen LogP contribution is 2.17. The molecule has 1 heterocycles. The zero-order valence-electron chi connectivity index (χ0n) is 12.0. The van der Waals surface area contributed by atoms with Crippen LogP contribution in [0.15, 0.2) is 36.4 Å². The van der Waals surface area contributed by atoms with Crippen molar-refractivity contribution in [2.75, 3.05) is 0 Å². The first-order valence-corrected chi connectivity index (χ1v) is 6.62. The van der Waals surface area contributed by atoms with Crippen LogP contribution in [0.1, 0.15) is 34.2 Å². The molecule has 2 aromatic rings. The second-order valence-electron chi connectivity index (χ2n) is 4.90. The van der Waals surface area contributed by atoms with Gasteiger partial charge in [-0.2, -0.15) is 5.10 Å². The number of hydrogen-bond donors (Lipinski definition) is 2. The molecule has 1 aromatic carbocycles. The fraction of sp³-hybridized carbons (Fsp3) is 0.267. The molecule has 0 aliphatic heterocycles. The Hall–Kier alpha value is -2.63. The Morgan fingerprint density at radius 2 is 2.00 bits per heavy atom. The number of hydrogen-bond acceptors (Lipinski definition) is 3. The number of nitrogens with zero attached hydrogens (tertiary/aromatic N) is 2. The van der Waals surface area contributed by atoms with Crippen molar-refractivity contribution >= 4 is 11.8 Å². The predicted octanol–water partition coefficient (Wildman–Crippen LogP) is 1.08. The number of aryl methyl sites for hydroxylation is 2. The van der Waals surface area contributed by atoms with Gasteiger partial charge in [0.15, 0.2) is 0 Å². The average molecular weight is 286 g/mol. The highest BCUT2D eigenvalue weighted by atomic mass is 16.2. The lowest BCUT2D eigenvalue weighted by Crippen LogP contribution is -2.32. The van der Waals surface area contributed by atoms with E-state index < -0.39 is 11.9 Å². The molecule has 6 heteroatoms. The number of primary amides is 1. The van der Waals surface area contributed by atoms with Gasteiger partial charge in [0.25, 0.3) is 5.91 Å². The van der Waals surface area contributed by atoms with E-state index >= 15 is 0 Å².